The number of nitrogen functional groups attached to an aromatic ring is 1. The van der Waals surface area contributed by atoms with E-state index in [0.717, 1.165) is 18.5 Å². The molecule has 1 atom stereocenters. The molecule has 23 heavy (non-hydrogen) atoms. The smallest absolute Gasteiger partial charge is 0.253 e. The number of methoxy groups -OCH3 is 1. The number of nitrogens with zero attached hydrogens (tertiary/aromatic N) is 3. The summed E-state index contributed by atoms with van der Waals surface area (Å²) >= 11 is 3.27. The van der Waals surface area contributed by atoms with Crippen LogP contribution in [0.1, 0.15) is 16.8 Å². The molecule has 0 bridgehead atoms. The van der Waals surface area contributed by atoms with Crippen molar-refractivity contribution >= 4 is 27.7 Å². The van der Waals surface area contributed by atoms with E-state index in [4.69, 9.17) is 10.5 Å². The molecule has 0 aliphatic carbocycles. The molecule has 0 radical (unpaired) electrons. The lowest BCUT2D eigenvalue weighted by molar-refractivity contribution is 0.0724. The predicted octanol–water partition coefficient (Wildman–Crippen LogP) is 2.35. The summed E-state index contributed by atoms with van der Waals surface area (Å²) < 4.78 is 5.81. The molecule has 1 fully saturated rings. The van der Waals surface area contributed by atoms with Crippen molar-refractivity contribution in [2.75, 3.05) is 25.9 Å². The minimum atomic E-state index is 0.0284. The van der Waals surface area contributed by atoms with Gasteiger partial charge in [0.05, 0.1) is 18.0 Å². The Morgan fingerprint density at radius 1 is 1.39 bits per heavy atom. The van der Waals surface area contributed by atoms with Gasteiger partial charge in [-0.1, -0.05) is 12.1 Å². The van der Waals surface area contributed by atoms with E-state index in [2.05, 4.69) is 25.9 Å². The predicted molar refractivity (Wildman–Crippen MR) is 90.9 cm³/mol. The molecule has 1 unspecified atom stereocenters. The van der Waals surface area contributed by atoms with E-state index in [1.165, 1.54) is 0 Å². The summed E-state index contributed by atoms with van der Waals surface area (Å²) in [5.41, 5.74) is 7.88. The van der Waals surface area contributed by atoms with Gasteiger partial charge in [-0.25, -0.2) is 9.97 Å². The molecule has 2 aromatic rings. The molecule has 7 heteroatoms. The van der Waals surface area contributed by atoms with Gasteiger partial charge in [0.1, 0.15) is 4.60 Å². The van der Waals surface area contributed by atoms with Crippen molar-refractivity contribution in [1.82, 2.24) is 14.9 Å². The van der Waals surface area contributed by atoms with Crippen molar-refractivity contribution in [2.24, 2.45) is 0 Å². The lowest BCUT2D eigenvalue weighted by atomic mass is 10.1. The molecule has 1 saturated heterocycles. The second-order valence-electron chi connectivity index (χ2n) is 5.41. The highest BCUT2D eigenvalue weighted by molar-refractivity contribution is 9.10. The Balaban J connectivity index is 1.76. The van der Waals surface area contributed by atoms with E-state index in [1.54, 1.807) is 13.3 Å². The molecule has 1 amide bonds. The third kappa shape index (κ3) is 3.35. The maximum atomic E-state index is 12.5. The molecule has 0 spiro atoms. The van der Waals surface area contributed by atoms with Gasteiger partial charge in [-0.05, 0) is 34.5 Å². The quantitative estimate of drug-likeness (QED) is 0.888. The summed E-state index contributed by atoms with van der Waals surface area (Å²) in [4.78, 5) is 22.7. The molecule has 1 aromatic carbocycles. The number of hydrogen-bond donors (Lipinski definition) is 1. The Morgan fingerprint density at radius 2 is 2.13 bits per heavy atom. The second kappa shape index (κ2) is 6.64. The van der Waals surface area contributed by atoms with Crippen molar-refractivity contribution in [2.45, 2.75) is 12.5 Å². The maximum absolute atomic E-state index is 12.5. The normalized spacial score (nSPS) is 17.5. The number of amides is 1. The first-order valence-electron chi connectivity index (χ1n) is 7.29. The molecule has 120 valence electrons. The monoisotopic (exact) mass is 376 g/mol. The van der Waals surface area contributed by atoms with Crippen LogP contribution in [0.3, 0.4) is 0 Å². The lowest BCUT2D eigenvalue weighted by Gasteiger charge is -2.16. The van der Waals surface area contributed by atoms with Crippen LogP contribution in [0.2, 0.25) is 0 Å². The van der Waals surface area contributed by atoms with Crippen LogP contribution >= 0.6 is 15.9 Å². The third-order valence-electron chi connectivity index (χ3n) is 3.95. The molecule has 6 nitrogen and oxygen atoms in total. The first-order valence-corrected chi connectivity index (χ1v) is 8.08. The second-order valence-corrected chi connectivity index (χ2v) is 6.16. The number of aromatic nitrogens is 2. The number of carbonyl (C=O) groups excluding carboxylic acids is 1. The third-order valence-corrected chi connectivity index (χ3v) is 4.53. The zero-order chi connectivity index (χ0) is 16.4. The highest BCUT2D eigenvalue weighted by Crippen LogP contribution is 2.23. The van der Waals surface area contributed by atoms with E-state index in [0.29, 0.717) is 28.2 Å². The van der Waals surface area contributed by atoms with Crippen LogP contribution in [0.5, 0.6) is 0 Å². The maximum Gasteiger partial charge on any atom is 0.253 e. The summed E-state index contributed by atoms with van der Waals surface area (Å²) in [7, 11) is 1.68. The van der Waals surface area contributed by atoms with E-state index < -0.39 is 0 Å². The van der Waals surface area contributed by atoms with Crippen LogP contribution < -0.4 is 5.73 Å². The van der Waals surface area contributed by atoms with Gasteiger partial charge in [0.2, 0.25) is 0 Å². The topological polar surface area (TPSA) is 81.3 Å². The van der Waals surface area contributed by atoms with Gasteiger partial charge >= 0.3 is 0 Å². The van der Waals surface area contributed by atoms with Gasteiger partial charge < -0.3 is 15.4 Å². The Morgan fingerprint density at radius 3 is 2.74 bits per heavy atom. The average Bonchev–Trinajstić information content (AvgIpc) is 3.06. The number of likely N-dealkylation sites (tertiary alicyclic amines) is 1. The van der Waals surface area contributed by atoms with Crippen LogP contribution in [0.25, 0.3) is 11.3 Å². The number of carbonyl (C=O) groups is 1. The van der Waals surface area contributed by atoms with E-state index >= 15 is 0 Å². The first kappa shape index (κ1) is 15.9. The summed E-state index contributed by atoms with van der Waals surface area (Å²) in [5, 5.41) is 0. The van der Waals surface area contributed by atoms with E-state index in [-0.39, 0.29) is 12.0 Å². The number of rotatable bonds is 3. The minimum Gasteiger partial charge on any atom is -0.381 e. The Labute approximate surface area is 142 Å². The molecule has 1 aromatic heterocycles. The largest absolute Gasteiger partial charge is 0.381 e. The summed E-state index contributed by atoms with van der Waals surface area (Å²) in [6, 6.07) is 7.35. The lowest BCUT2D eigenvalue weighted by Crippen LogP contribution is -2.29. The highest BCUT2D eigenvalue weighted by atomic mass is 79.9. The zero-order valence-electron chi connectivity index (χ0n) is 12.7. The molecule has 2 heterocycles. The summed E-state index contributed by atoms with van der Waals surface area (Å²) in [6.45, 7) is 1.38. The zero-order valence-corrected chi connectivity index (χ0v) is 14.3. The first-order chi connectivity index (χ1) is 11.1. The van der Waals surface area contributed by atoms with Gasteiger partial charge in [-0.15, -0.1) is 0 Å². The van der Waals surface area contributed by atoms with E-state index in [9.17, 15) is 4.79 Å². The molecule has 3 rings (SSSR count). The van der Waals surface area contributed by atoms with Gasteiger partial charge in [0, 0.05) is 31.3 Å². The Bertz CT molecular complexity index is 721. The van der Waals surface area contributed by atoms with Crippen LogP contribution in [-0.2, 0) is 4.74 Å². The molecule has 0 saturated carbocycles. The van der Waals surface area contributed by atoms with Gasteiger partial charge in [-0.3, -0.25) is 4.79 Å². The molecular formula is C16H17BrN4O2. The van der Waals surface area contributed by atoms with E-state index in [1.807, 2.05) is 29.2 Å². The average molecular weight is 377 g/mol. The number of hydrogen-bond acceptors (Lipinski definition) is 5. The standard InChI is InChI=1S/C16H17BrN4O2/c1-23-12-6-7-21(9-12)16(22)11-4-2-10(3-5-11)13-8-19-15(18)14(17)20-13/h2-5,8,12H,6-7,9H2,1H3,(H2,18,19). The van der Waals surface area contributed by atoms with Crippen LogP contribution in [-0.4, -0.2) is 47.1 Å². The molecule has 1 aliphatic rings. The number of nitrogens with two attached hydrogens (primary N) is 1. The van der Waals surface area contributed by atoms with Crippen molar-refractivity contribution < 1.29 is 9.53 Å². The Hall–Kier alpha value is -1.99. The fourth-order valence-corrected chi connectivity index (χ4v) is 2.88. The van der Waals surface area contributed by atoms with Crippen molar-refractivity contribution in [3.05, 3.63) is 40.6 Å². The van der Waals surface area contributed by atoms with Crippen LogP contribution in [0.4, 0.5) is 5.82 Å². The van der Waals surface area contributed by atoms with Gasteiger partial charge in [-0.2, -0.15) is 0 Å². The number of halogens is 1. The molecule has 1 aliphatic heterocycles. The molecular weight excluding hydrogens is 360 g/mol. The van der Waals surface area contributed by atoms with Crippen molar-refractivity contribution in [1.29, 1.82) is 0 Å². The van der Waals surface area contributed by atoms with Crippen LogP contribution in [0.15, 0.2) is 35.1 Å². The highest BCUT2D eigenvalue weighted by Gasteiger charge is 2.26. The van der Waals surface area contributed by atoms with Crippen molar-refractivity contribution in [3.8, 4) is 11.3 Å². The van der Waals surface area contributed by atoms with Gasteiger partial charge in [0.25, 0.3) is 5.91 Å². The SMILES string of the molecule is COC1CCN(C(=O)c2ccc(-c3cnc(N)c(Br)n3)cc2)C1. The fraction of sp³-hybridized carbons (Fsp3) is 0.312. The number of benzene rings is 1. The summed E-state index contributed by atoms with van der Waals surface area (Å²) in [6.07, 6.45) is 2.64. The van der Waals surface area contributed by atoms with Crippen molar-refractivity contribution in [3.63, 3.8) is 0 Å². The number of ether oxygens (including phenoxy) is 1. The Kier molecular flexibility index (Phi) is 4.58. The van der Waals surface area contributed by atoms with Crippen LogP contribution in [0, 0.1) is 0 Å². The summed E-state index contributed by atoms with van der Waals surface area (Å²) in [5.74, 6) is 0.378. The fourth-order valence-electron chi connectivity index (χ4n) is 2.59. The molecule has 2 N–H and O–H groups in total. The van der Waals surface area contributed by atoms with Gasteiger partial charge in [0.15, 0.2) is 5.82 Å². The minimum absolute atomic E-state index is 0.0284. The number of anilines is 1.